The van der Waals surface area contributed by atoms with E-state index in [2.05, 4.69) is 0 Å². The summed E-state index contributed by atoms with van der Waals surface area (Å²) in [5.41, 5.74) is 5.62. The Bertz CT molecular complexity index is 445. The molecule has 0 heterocycles. The van der Waals surface area contributed by atoms with Crippen LogP contribution in [0.3, 0.4) is 0 Å². The second kappa shape index (κ2) is 5.82. The van der Waals surface area contributed by atoms with Crippen LogP contribution in [-0.4, -0.2) is 13.2 Å². The molecule has 0 aromatic heterocycles. The molecule has 106 valence electrons. The van der Waals surface area contributed by atoms with Crippen molar-refractivity contribution < 1.29 is 17.9 Å². The second-order valence-corrected chi connectivity index (χ2v) is 5.23. The van der Waals surface area contributed by atoms with Crippen LogP contribution in [0.4, 0.5) is 13.2 Å². The average Bonchev–Trinajstić information content (AvgIpc) is 2.45. The summed E-state index contributed by atoms with van der Waals surface area (Å²) in [6, 6.07) is 1.98. The molecule has 1 aromatic carbocycles. The zero-order valence-corrected chi connectivity index (χ0v) is 10.7. The summed E-state index contributed by atoms with van der Waals surface area (Å²) in [6.45, 7) is 0.698. The third kappa shape index (κ3) is 3.03. The molecule has 2 rings (SSSR count). The van der Waals surface area contributed by atoms with Gasteiger partial charge in [-0.05, 0) is 25.0 Å². The lowest BCUT2D eigenvalue weighted by atomic mass is 9.75. The molecule has 2 N–H and O–H groups in total. The minimum Gasteiger partial charge on any atom is -0.490 e. The molecule has 2 nitrogen and oxygen atoms in total. The molecule has 1 saturated carbocycles. The molecular weight excluding hydrogens is 255 g/mol. The number of ether oxygens (including phenoxy) is 1. The van der Waals surface area contributed by atoms with Crippen LogP contribution in [0.5, 0.6) is 5.75 Å². The van der Waals surface area contributed by atoms with Gasteiger partial charge in [-0.25, -0.2) is 8.78 Å². The van der Waals surface area contributed by atoms with E-state index in [-0.39, 0.29) is 17.8 Å². The fraction of sp³-hybridized carbons (Fsp3) is 0.571. The lowest BCUT2D eigenvalue weighted by Gasteiger charge is -2.35. The van der Waals surface area contributed by atoms with Crippen LogP contribution < -0.4 is 10.5 Å². The molecule has 0 radical (unpaired) electrons. The molecule has 19 heavy (non-hydrogen) atoms. The van der Waals surface area contributed by atoms with E-state index in [1.165, 1.54) is 6.42 Å². The molecule has 5 heteroatoms. The van der Waals surface area contributed by atoms with Gasteiger partial charge in [-0.1, -0.05) is 19.3 Å². The summed E-state index contributed by atoms with van der Waals surface area (Å²) in [5, 5.41) is 0. The van der Waals surface area contributed by atoms with Crippen LogP contribution >= 0.6 is 0 Å². The summed E-state index contributed by atoms with van der Waals surface area (Å²) >= 11 is 0. The molecule has 1 aliphatic carbocycles. The van der Waals surface area contributed by atoms with Crippen molar-refractivity contribution in [3.8, 4) is 5.75 Å². The summed E-state index contributed by atoms with van der Waals surface area (Å²) in [5.74, 6) is -4.24. The van der Waals surface area contributed by atoms with Crippen LogP contribution in [0.15, 0.2) is 12.1 Å². The molecule has 1 fully saturated rings. The molecule has 0 amide bonds. The van der Waals surface area contributed by atoms with Crippen molar-refractivity contribution in [2.24, 2.45) is 11.1 Å². The Balaban J connectivity index is 2.07. The van der Waals surface area contributed by atoms with Gasteiger partial charge in [-0.3, -0.25) is 0 Å². The summed E-state index contributed by atoms with van der Waals surface area (Å²) in [7, 11) is 0. The van der Waals surface area contributed by atoms with Gasteiger partial charge in [0.15, 0.2) is 17.4 Å². The largest absolute Gasteiger partial charge is 0.490 e. The molecule has 0 bridgehead atoms. The quantitative estimate of drug-likeness (QED) is 0.853. The number of hydrogen-bond donors (Lipinski definition) is 1. The monoisotopic (exact) mass is 273 g/mol. The van der Waals surface area contributed by atoms with Gasteiger partial charge in [-0.2, -0.15) is 4.39 Å². The summed E-state index contributed by atoms with van der Waals surface area (Å²) in [6.07, 6.45) is 5.16. The van der Waals surface area contributed by atoms with Gasteiger partial charge >= 0.3 is 0 Å². The van der Waals surface area contributed by atoms with Gasteiger partial charge in [0.1, 0.15) is 0 Å². The SMILES string of the molecule is NCC1(COc2ccc(F)c(F)c2F)CCCCC1. The maximum absolute atomic E-state index is 13.5. The first-order valence-electron chi connectivity index (χ1n) is 6.54. The minimum absolute atomic E-state index is 0.171. The van der Waals surface area contributed by atoms with E-state index in [0.29, 0.717) is 6.54 Å². The first-order valence-corrected chi connectivity index (χ1v) is 6.54. The third-order valence-corrected chi connectivity index (χ3v) is 3.88. The van der Waals surface area contributed by atoms with Crippen LogP contribution in [-0.2, 0) is 0 Å². The van der Waals surface area contributed by atoms with Gasteiger partial charge in [0.2, 0.25) is 5.82 Å². The van der Waals surface area contributed by atoms with Crippen molar-refractivity contribution in [3.63, 3.8) is 0 Å². The van der Waals surface area contributed by atoms with Gasteiger partial charge in [0.25, 0.3) is 0 Å². The Kier molecular flexibility index (Phi) is 4.34. The van der Waals surface area contributed by atoms with E-state index in [4.69, 9.17) is 10.5 Å². The Hall–Kier alpha value is -1.23. The predicted molar refractivity (Wildman–Crippen MR) is 66.4 cm³/mol. The number of halogens is 3. The lowest BCUT2D eigenvalue weighted by Crippen LogP contribution is -2.38. The van der Waals surface area contributed by atoms with Gasteiger partial charge < -0.3 is 10.5 Å². The number of benzene rings is 1. The van der Waals surface area contributed by atoms with Crippen LogP contribution in [0.25, 0.3) is 0 Å². The number of rotatable bonds is 4. The van der Waals surface area contributed by atoms with Crippen molar-refractivity contribution >= 4 is 0 Å². The topological polar surface area (TPSA) is 35.2 Å². The molecule has 1 aliphatic rings. The van der Waals surface area contributed by atoms with E-state index in [9.17, 15) is 13.2 Å². The minimum atomic E-state index is -1.50. The smallest absolute Gasteiger partial charge is 0.203 e. The van der Waals surface area contributed by atoms with Gasteiger partial charge in [-0.15, -0.1) is 0 Å². The van der Waals surface area contributed by atoms with Crippen molar-refractivity contribution in [1.82, 2.24) is 0 Å². The Morgan fingerprint density at radius 2 is 1.74 bits per heavy atom. The fourth-order valence-electron chi connectivity index (χ4n) is 2.56. The van der Waals surface area contributed by atoms with Crippen LogP contribution in [0.1, 0.15) is 32.1 Å². The van der Waals surface area contributed by atoms with Gasteiger partial charge in [0, 0.05) is 12.0 Å². The van der Waals surface area contributed by atoms with E-state index in [1.807, 2.05) is 0 Å². The van der Waals surface area contributed by atoms with E-state index in [1.54, 1.807) is 0 Å². The molecular formula is C14H18F3NO. The van der Waals surface area contributed by atoms with Crippen molar-refractivity contribution in [1.29, 1.82) is 0 Å². The highest BCUT2D eigenvalue weighted by atomic mass is 19.2. The first kappa shape index (κ1) is 14.2. The second-order valence-electron chi connectivity index (χ2n) is 5.23. The Morgan fingerprint density at radius 1 is 1.05 bits per heavy atom. The highest BCUT2D eigenvalue weighted by Gasteiger charge is 2.32. The maximum atomic E-state index is 13.5. The van der Waals surface area contributed by atoms with Crippen LogP contribution in [0, 0.1) is 22.9 Å². The van der Waals surface area contributed by atoms with Gasteiger partial charge in [0.05, 0.1) is 6.61 Å². The Labute approximate surface area is 110 Å². The van der Waals surface area contributed by atoms with Crippen molar-refractivity contribution in [3.05, 3.63) is 29.6 Å². The third-order valence-electron chi connectivity index (χ3n) is 3.88. The maximum Gasteiger partial charge on any atom is 0.203 e. The highest BCUT2D eigenvalue weighted by Crippen LogP contribution is 2.36. The molecule has 0 aliphatic heterocycles. The molecule has 0 unspecified atom stereocenters. The predicted octanol–water partition coefficient (Wildman–Crippen LogP) is 3.39. The normalized spacial score (nSPS) is 18.3. The van der Waals surface area contributed by atoms with Crippen molar-refractivity contribution in [2.75, 3.05) is 13.2 Å². The zero-order valence-electron chi connectivity index (χ0n) is 10.7. The van der Waals surface area contributed by atoms with E-state index >= 15 is 0 Å². The lowest BCUT2D eigenvalue weighted by molar-refractivity contribution is 0.101. The van der Waals surface area contributed by atoms with Crippen molar-refractivity contribution in [2.45, 2.75) is 32.1 Å². The standard InChI is InChI=1S/C14H18F3NO/c15-10-4-5-11(13(17)12(10)16)19-9-14(8-18)6-2-1-3-7-14/h4-5H,1-3,6-9,18H2. The molecule has 1 aromatic rings. The van der Waals surface area contributed by atoms with E-state index in [0.717, 1.165) is 37.8 Å². The average molecular weight is 273 g/mol. The number of hydrogen-bond acceptors (Lipinski definition) is 2. The summed E-state index contributed by atoms with van der Waals surface area (Å²) in [4.78, 5) is 0. The molecule has 0 saturated heterocycles. The summed E-state index contributed by atoms with van der Waals surface area (Å²) < 4.78 is 44.7. The first-order chi connectivity index (χ1) is 9.08. The zero-order chi connectivity index (χ0) is 13.9. The molecule has 0 atom stereocenters. The Morgan fingerprint density at radius 3 is 2.37 bits per heavy atom. The molecule has 0 spiro atoms. The van der Waals surface area contributed by atoms with Crippen LogP contribution in [0.2, 0.25) is 0 Å². The number of nitrogens with two attached hydrogens (primary N) is 1. The fourth-order valence-corrected chi connectivity index (χ4v) is 2.56. The van der Waals surface area contributed by atoms with E-state index < -0.39 is 17.5 Å². The highest BCUT2D eigenvalue weighted by molar-refractivity contribution is 5.26.